The standard InChI is InChI=1S/C20H30N4O6S2/c1-20(17(19(21)25)8-9-24(22-2)10-12-30-13-11-24)23(26)18(14-31-20)32(27,28)16-6-4-15(29-3)5-7-16/h4-7,14,17,22,26H,8-13H2,1-3H3,(H-,21,25)/p+1. The highest BCUT2D eigenvalue weighted by Gasteiger charge is 2.51. The van der Waals surface area contributed by atoms with Crippen LogP contribution in [0.25, 0.3) is 0 Å². The van der Waals surface area contributed by atoms with Crippen molar-refractivity contribution in [3.8, 4) is 5.75 Å². The number of hydrogen-bond donors (Lipinski definition) is 3. The second-order valence-electron chi connectivity index (χ2n) is 8.01. The molecule has 32 heavy (non-hydrogen) atoms. The molecule has 1 fully saturated rings. The molecular formula is C20H31N4O6S2+. The third-order valence-corrected chi connectivity index (χ3v) is 9.47. The highest BCUT2D eigenvalue weighted by Crippen LogP contribution is 2.48. The minimum absolute atomic E-state index is 0.0112. The van der Waals surface area contributed by atoms with Gasteiger partial charge >= 0.3 is 0 Å². The van der Waals surface area contributed by atoms with Gasteiger partial charge in [-0.2, -0.15) is 5.43 Å². The first kappa shape index (κ1) is 24.8. The highest BCUT2D eigenvalue weighted by molar-refractivity contribution is 8.05. The van der Waals surface area contributed by atoms with E-state index in [-0.39, 0.29) is 9.92 Å². The average Bonchev–Trinajstić information content (AvgIpc) is 3.10. The lowest BCUT2D eigenvalue weighted by Crippen LogP contribution is -2.63. The number of amides is 1. The Morgan fingerprint density at radius 3 is 2.53 bits per heavy atom. The summed E-state index contributed by atoms with van der Waals surface area (Å²) in [4.78, 5) is 11.2. The van der Waals surface area contributed by atoms with Crippen molar-refractivity contribution < 1.29 is 32.5 Å². The molecule has 0 radical (unpaired) electrons. The van der Waals surface area contributed by atoms with Gasteiger partial charge in [-0.15, -0.1) is 0 Å². The summed E-state index contributed by atoms with van der Waals surface area (Å²) < 4.78 is 37.4. The van der Waals surface area contributed by atoms with Crippen molar-refractivity contribution >= 4 is 27.5 Å². The van der Waals surface area contributed by atoms with Crippen LogP contribution < -0.4 is 15.9 Å². The van der Waals surface area contributed by atoms with Gasteiger partial charge in [-0.3, -0.25) is 10.0 Å². The molecular weight excluding hydrogens is 456 g/mol. The first-order chi connectivity index (χ1) is 15.1. The van der Waals surface area contributed by atoms with Crippen LogP contribution in [0.5, 0.6) is 5.75 Å². The molecule has 0 spiro atoms. The second-order valence-corrected chi connectivity index (χ2v) is 11.2. The molecule has 1 aromatic rings. The lowest BCUT2D eigenvalue weighted by atomic mass is 9.95. The van der Waals surface area contributed by atoms with E-state index in [9.17, 15) is 18.4 Å². The number of primary amides is 1. The van der Waals surface area contributed by atoms with Gasteiger partial charge in [0.15, 0.2) is 5.03 Å². The van der Waals surface area contributed by atoms with Crippen LogP contribution in [-0.4, -0.2) is 81.1 Å². The smallest absolute Gasteiger partial charge is 0.224 e. The second kappa shape index (κ2) is 9.57. The zero-order valence-corrected chi connectivity index (χ0v) is 20.1. The normalized spacial score (nSPS) is 24.1. The molecule has 2 unspecified atom stereocenters. The number of nitrogens with one attached hydrogen (secondary N) is 1. The maximum atomic E-state index is 13.2. The quantitative estimate of drug-likeness (QED) is 0.435. The molecule has 0 bridgehead atoms. The van der Waals surface area contributed by atoms with Gasteiger partial charge in [-0.25, -0.2) is 18.1 Å². The molecule has 0 aliphatic carbocycles. The number of carbonyl (C=O) groups excluding carboxylic acids is 1. The van der Waals surface area contributed by atoms with Crippen molar-refractivity contribution in [2.45, 2.75) is 23.1 Å². The summed E-state index contributed by atoms with van der Waals surface area (Å²) in [5, 5.41) is 12.7. The van der Waals surface area contributed by atoms with E-state index in [2.05, 4.69) is 5.43 Å². The predicted molar refractivity (Wildman–Crippen MR) is 120 cm³/mol. The lowest BCUT2D eigenvalue weighted by Gasteiger charge is -2.42. The van der Waals surface area contributed by atoms with E-state index >= 15 is 0 Å². The average molecular weight is 488 g/mol. The molecule has 12 heteroatoms. The minimum Gasteiger partial charge on any atom is -0.497 e. The van der Waals surface area contributed by atoms with Gasteiger partial charge in [-0.05, 0) is 31.2 Å². The molecule has 2 heterocycles. The zero-order chi connectivity index (χ0) is 23.6. The summed E-state index contributed by atoms with van der Waals surface area (Å²) in [6, 6.07) is 5.89. The highest BCUT2D eigenvalue weighted by atomic mass is 32.2. The number of benzene rings is 1. The Morgan fingerprint density at radius 1 is 1.38 bits per heavy atom. The van der Waals surface area contributed by atoms with Crippen molar-refractivity contribution in [1.29, 1.82) is 0 Å². The van der Waals surface area contributed by atoms with Crippen molar-refractivity contribution in [3.05, 3.63) is 34.7 Å². The Kier molecular flexibility index (Phi) is 7.42. The number of sulfone groups is 1. The monoisotopic (exact) mass is 487 g/mol. The summed E-state index contributed by atoms with van der Waals surface area (Å²) in [6.07, 6.45) is 0.362. The molecule has 1 saturated heterocycles. The Labute approximate surface area is 192 Å². The summed E-state index contributed by atoms with van der Waals surface area (Å²) >= 11 is 1.08. The number of hydrogen-bond acceptors (Lipinski definition) is 9. The molecule has 1 amide bonds. The number of carbonyl (C=O) groups is 1. The minimum atomic E-state index is -4.02. The number of thioether (sulfide) groups is 1. The van der Waals surface area contributed by atoms with Crippen LogP contribution in [-0.2, 0) is 19.4 Å². The fourth-order valence-corrected chi connectivity index (χ4v) is 6.97. The number of methoxy groups -OCH3 is 1. The number of hydroxylamine groups is 2. The Morgan fingerprint density at radius 2 is 2.00 bits per heavy atom. The third kappa shape index (κ3) is 4.61. The van der Waals surface area contributed by atoms with Crippen LogP contribution in [0, 0.1) is 5.92 Å². The van der Waals surface area contributed by atoms with E-state index < -0.39 is 26.5 Å². The Bertz CT molecular complexity index is 963. The lowest BCUT2D eigenvalue weighted by molar-refractivity contribution is -0.974. The topological polar surface area (TPSA) is 131 Å². The molecule has 2 aliphatic heterocycles. The van der Waals surface area contributed by atoms with Gasteiger partial charge in [0.05, 0.1) is 37.7 Å². The number of nitrogens with zero attached hydrogens (tertiary/aromatic N) is 2. The molecule has 3 rings (SSSR count). The third-order valence-electron chi connectivity index (χ3n) is 6.31. The summed E-state index contributed by atoms with van der Waals surface area (Å²) in [5.74, 6) is -0.885. The fourth-order valence-electron chi connectivity index (χ4n) is 4.07. The van der Waals surface area contributed by atoms with Crippen LogP contribution in [0.4, 0.5) is 0 Å². The van der Waals surface area contributed by atoms with Crippen molar-refractivity contribution in [3.63, 3.8) is 0 Å². The SMILES string of the molecule is CN[N+]1(CCC(C(N)=O)C2(C)SC=C(S(=O)(=O)c3ccc(OC)cc3)N2O)CCOCC1. The Hall–Kier alpha value is -1.83. The summed E-state index contributed by atoms with van der Waals surface area (Å²) in [7, 11) is -0.674. The number of nitrogens with two attached hydrogens (primary N) is 1. The van der Waals surface area contributed by atoms with Crippen LogP contribution in [0.3, 0.4) is 0 Å². The van der Waals surface area contributed by atoms with Crippen molar-refractivity contribution in [2.24, 2.45) is 11.7 Å². The maximum Gasteiger partial charge on any atom is 0.224 e. The molecule has 0 saturated carbocycles. The molecule has 4 N–H and O–H groups in total. The van der Waals surface area contributed by atoms with Crippen molar-refractivity contribution in [2.75, 3.05) is 47.0 Å². The van der Waals surface area contributed by atoms with E-state index in [1.165, 1.54) is 36.8 Å². The van der Waals surface area contributed by atoms with E-state index in [4.69, 9.17) is 15.2 Å². The predicted octanol–water partition coefficient (Wildman–Crippen LogP) is 0.895. The molecule has 0 aromatic heterocycles. The fraction of sp³-hybridized carbons (Fsp3) is 0.550. The Balaban J connectivity index is 1.81. The maximum absolute atomic E-state index is 13.2. The molecule has 2 atom stereocenters. The zero-order valence-electron chi connectivity index (χ0n) is 18.5. The van der Waals surface area contributed by atoms with Crippen LogP contribution in [0.1, 0.15) is 13.3 Å². The molecule has 2 aliphatic rings. The molecule has 1 aromatic carbocycles. The van der Waals surface area contributed by atoms with E-state index in [0.29, 0.717) is 41.6 Å². The number of morpholine rings is 1. The molecule has 10 nitrogen and oxygen atoms in total. The van der Waals surface area contributed by atoms with Gasteiger partial charge in [0.2, 0.25) is 15.7 Å². The van der Waals surface area contributed by atoms with Gasteiger partial charge < -0.3 is 15.2 Å². The van der Waals surface area contributed by atoms with Gasteiger partial charge in [-0.1, -0.05) is 11.8 Å². The number of rotatable bonds is 9. The first-order valence-electron chi connectivity index (χ1n) is 10.3. The molecule has 178 valence electrons. The van der Waals surface area contributed by atoms with Gasteiger partial charge in [0, 0.05) is 18.9 Å². The van der Waals surface area contributed by atoms with E-state index in [0.717, 1.165) is 24.9 Å². The first-order valence-corrected chi connectivity index (χ1v) is 12.6. The number of quaternary nitrogens is 1. The van der Waals surface area contributed by atoms with E-state index in [1.54, 1.807) is 6.92 Å². The summed E-state index contributed by atoms with van der Waals surface area (Å²) in [5.41, 5.74) is 9.03. The van der Waals surface area contributed by atoms with Gasteiger partial charge in [0.25, 0.3) is 0 Å². The summed E-state index contributed by atoms with van der Waals surface area (Å²) in [6.45, 7) is 4.90. The number of ether oxygens (including phenoxy) is 2. The largest absolute Gasteiger partial charge is 0.497 e. The van der Waals surface area contributed by atoms with Crippen LogP contribution in [0.2, 0.25) is 0 Å². The van der Waals surface area contributed by atoms with Gasteiger partial charge in [0.1, 0.15) is 23.7 Å². The van der Waals surface area contributed by atoms with Crippen LogP contribution >= 0.6 is 11.8 Å². The van der Waals surface area contributed by atoms with Crippen molar-refractivity contribution in [1.82, 2.24) is 10.5 Å². The van der Waals surface area contributed by atoms with E-state index in [1.807, 2.05) is 7.05 Å². The van der Waals surface area contributed by atoms with Crippen LogP contribution in [0.15, 0.2) is 39.6 Å².